The minimum Gasteiger partial charge on any atom is -0.491 e. The van der Waals surface area contributed by atoms with E-state index in [0.29, 0.717) is 24.4 Å². The average Bonchev–Trinajstić information content (AvgIpc) is 3.26. The van der Waals surface area contributed by atoms with Crippen molar-refractivity contribution >= 4 is 34.0 Å². The normalized spacial score (nSPS) is 11.4. The maximum Gasteiger partial charge on any atom is 0.303 e. The van der Waals surface area contributed by atoms with E-state index in [0.717, 1.165) is 27.6 Å². The van der Waals surface area contributed by atoms with Crippen molar-refractivity contribution in [1.82, 2.24) is 4.57 Å². The van der Waals surface area contributed by atoms with E-state index < -0.39 is 5.97 Å². The number of fused-ring (bicyclic) bond motifs is 1. The number of aromatic nitrogens is 1. The van der Waals surface area contributed by atoms with Crippen molar-refractivity contribution in [3.63, 3.8) is 0 Å². The minimum atomic E-state index is -0.872. The molecule has 4 aromatic rings. The van der Waals surface area contributed by atoms with Crippen LogP contribution in [0.5, 0.6) is 5.75 Å². The highest BCUT2D eigenvalue weighted by molar-refractivity contribution is 6.04. The molecule has 1 aromatic heterocycles. The van der Waals surface area contributed by atoms with Gasteiger partial charge < -0.3 is 19.7 Å². The van der Waals surface area contributed by atoms with Crippen LogP contribution < -0.4 is 10.1 Å². The van der Waals surface area contributed by atoms with Crippen LogP contribution in [-0.4, -0.2) is 28.2 Å². The zero-order valence-electron chi connectivity index (χ0n) is 19.9. The highest BCUT2D eigenvalue weighted by atomic mass is 19.1. The summed E-state index contributed by atoms with van der Waals surface area (Å²) in [5, 5.41) is 12.6. The molecule has 0 radical (unpaired) electrons. The number of halogens is 1. The number of nitrogens with zero attached hydrogens (tertiary/aromatic N) is 1. The number of aliphatic carboxylic acids is 1. The molecule has 0 aliphatic heterocycles. The number of nitrogens with one attached hydrogen (secondary N) is 1. The summed E-state index contributed by atoms with van der Waals surface area (Å²) in [7, 11) is 0. The Bertz CT molecular complexity index is 1410. The summed E-state index contributed by atoms with van der Waals surface area (Å²) in [4.78, 5) is 23.4. The van der Waals surface area contributed by atoms with Gasteiger partial charge in [-0.05, 0) is 72.5 Å². The second kappa shape index (κ2) is 11.4. The first kappa shape index (κ1) is 24.7. The molecule has 2 N–H and O–H groups in total. The Morgan fingerprint density at radius 2 is 1.83 bits per heavy atom. The maximum absolute atomic E-state index is 13.2. The first-order valence-electron chi connectivity index (χ1n) is 11.7. The lowest BCUT2D eigenvalue weighted by molar-refractivity contribution is -0.137. The number of ether oxygens (including phenoxy) is 1. The Kier molecular flexibility index (Phi) is 7.80. The topological polar surface area (TPSA) is 80.6 Å². The van der Waals surface area contributed by atoms with E-state index in [9.17, 15) is 14.0 Å². The summed E-state index contributed by atoms with van der Waals surface area (Å²) in [6.07, 6.45) is 3.94. The summed E-state index contributed by atoms with van der Waals surface area (Å²) in [6, 6.07) is 21.6. The van der Waals surface area contributed by atoms with Crippen molar-refractivity contribution in [2.75, 3.05) is 11.9 Å². The summed E-state index contributed by atoms with van der Waals surface area (Å²) < 4.78 is 21.0. The van der Waals surface area contributed by atoms with Crippen molar-refractivity contribution in [1.29, 1.82) is 0 Å². The average molecular weight is 487 g/mol. The van der Waals surface area contributed by atoms with Gasteiger partial charge in [0.25, 0.3) is 0 Å². The highest BCUT2D eigenvalue weighted by Crippen LogP contribution is 2.26. The number of carbonyl (C=O) groups excluding carboxylic acids is 1. The van der Waals surface area contributed by atoms with Gasteiger partial charge in [0.2, 0.25) is 5.91 Å². The highest BCUT2D eigenvalue weighted by Gasteiger charge is 2.09. The Labute approximate surface area is 208 Å². The Balaban J connectivity index is 1.43. The van der Waals surface area contributed by atoms with Gasteiger partial charge in [-0.15, -0.1) is 0 Å². The van der Waals surface area contributed by atoms with Gasteiger partial charge in [0.15, 0.2) is 0 Å². The van der Waals surface area contributed by atoms with E-state index in [1.165, 1.54) is 18.2 Å². The number of amides is 1. The lowest BCUT2D eigenvalue weighted by Gasteiger charge is -2.11. The van der Waals surface area contributed by atoms with Gasteiger partial charge in [0, 0.05) is 36.1 Å². The molecule has 0 saturated carbocycles. The molecule has 184 valence electrons. The molecule has 1 heterocycles. The van der Waals surface area contributed by atoms with E-state index in [1.54, 1.807) is 36.4 Å². The molecule has 0 spiro atoms. The zero-order valence-corrected chi connectivity index (χ0v) is 19.9. The summed E-state index contributed by atoms with van der Waals surface area (Å²) in [5.41, 5.74) is 4.32. The standard InChI is InChI=1S/C29H27FN2O4/c1-20(17-28(33)31-25-5-2-3-6-27(25)36-16-4-7-29(34)35)22-10-13-26-23(18-22)14-15-32(26)19-21-8-11-24(30)12-9-21/h2-3,5-6,8-15,17-18H,4,7,16,19H2,1H3,(H,31,33)(H,34,35)/b20-17+. The van der Waals surface area contributed by atoms with Gasteiger partial charge in [-0.1, -0.05) is 30.3 Å². The molecule has 4 rings (SSSR count). The van der Waals surface area contributed by atoms with E-state index in [4.69, 9.17) is 9.84 Å². The fourth-order valence-electron chi connectivity index (χ4n) is 3.92. The third-order valence-corrected chi connectivity index (χ3v) is 5.78. The molecular formula is C29H27FN2O4. The van der Waals surface area contributed by atoms with Crippen molar-refractivity contribution in [2.24, 2.45) is 0 Å². The molecule has 0 fully saturated rings. The molecule has 7 heteroatoms. The van der Waals surface area contributed by atoms with Gasteiger partial charge in [-0.25, -0.2) is 4.39 Å². The Hall–Kier alpha value is -4.39. The lowest BCUT2D eigenvalue weighted by atomic mass is 10.0. The first-order chi connectivity index (χ1) is 17.4. The van der Waals surface area contributed by atoms with Crippen LogP contribution in [0.2, 0.25) is 0 Å². The van der Waals surface area contributed by atoms with Gasteiger partial charge >= 0.3 is 5.97 Å². The fourth-order valence-corrected chi connectivity index (χ4v) is 3.92. The molecule has 0 aliphatic carbocycles. The number of hydrogen-bond acceptors (Lipinski definition) is 3. The molecule has 36 heavy (non-hydrogen) atoms. The molecule has 0 unspecified atom stereocenters. The predicted octanol–water partition coefficient (Wildman–Crippen LogP) is 6.11. The fraction of sp³-hybridized carbons (Fsp3) is 0.172. The predicted molar refractivity (Wildman–Crippen MR) is 139 cm³/mol. The SMILES string of the molecule is C/C(=C\C(=O)Nc1ccccc1OCCCC(=O)O)c1ccc2c(ccn2Cc2ccc(F)cc2)c1. The zero-order chi connectivity index (χ0) is 25.5. The Morgan fingerprint density at radius 3 is 2.61 bits per heavy atom. The second-order valence-corrected chi connectivity index (χ2v) is 8.50. The number of hydrogen-bond donors (Lipinski definition) is 2. The largest absolute Gasteiger partial charge is 0.491 e. The first-order valence-corrected chi connectivity index (χ1v) is 11.7. The van der Waals surface area contributed by atoms with Gasteiger partial charge in [0.05, 0.1) is 12.3 Å². The van der Waals surface area contributed by atoms with Crippen LogP contribution in [0.1, 0.15) is 30.9 Å². The van der Waals surface area contributed by atoms with E-state index in [-0.39, 0.29) is 24.8 Å². The monoisotopic (exact) mass is 486 g/mol. The van der Waals surface area contributed by atoms with Crippen molar-refractivity contribution < 1.29 is 23.8 Å². The second-order valence-electron chi connectivity index (χ2n) is 8.50. The maximum atomic E-state index is 13.2. The minimum absolute atomic E-state index is 0.0242. The van der Waals surface area contributed by atoms with Crippen molar-refractivity contribution in [3.05, 3.63) is 102 Å². The third kappa shape index (κ3) is 6.39. The number of allylic oxidation sites excluding steroid dienone is 1. The molecule has 3 aromatic carbocycles. The number of rotatable bonds is 10. The van der Waals surface area contributed by atoms with E-state index in [2.05, 4.69) is 9.88 Å². The number of carboxylic acid groups (broad SMARTS) is 1. The van der Waals surface area contributed by atoms with Crippen LogP contribution in [0.15, 0.2) is 85.1 Å². The van der Waals surface area contributed by atoms with E-state index >= 15 is 0 Å². The molecule has 0 aliphatic rings. The molecule has 0 saturated heterocycles. The quantitative estimate of drug-likeness (QED) is 0.209. The van der Waals surface area contributed by atoms with Gasteiger partial charge in [-0.3, -0.25) is 9.59 Å². The number of anilines is 1. The molecular weight excluding hydrogens is 459 g/mol. The molecule has 0 atom stereocenters. The van der Waals surface area contributed by atoms with Crippen LogP contribution in [0.25, 0.3) is 16.5 Å². The number of benzene rings is 3. The number of carbonyl (C=O) groups is 2. The number of carboxylic acids is 1. The molecule has 1 amide bonds. The van der Waals surface area contributed by atoms with E-state index in [1.807, 2.05) is 37.4 Å². The van der Waals surface area contributed by atoms with Crippen LogP contribution in [0, 0.1) is 5.82 Å². The lowest BCUT2D eigenvalue weighted by Crippen LogP contribution is -2.11. The van der Waals surface area contributed by atoms with Crippen LogP contribution in [0.3, 0.4) is 0 Å². The number of para-hydroxylation sites is 2. The molecule has 6 nitrogen and oxygen atoms in total. The van der Waals surface area contributed by atoms with Crippen molar-refractivity contribution in [3.8, 4) is 5.75 Å². The Morgan fingerprint density at radius 1 is 1.06 bits per heavy atom. The summed E-state index contributed by atoms with van der Waals surface area (Å²) in [6.45, 7) is 2.76. The summed E-state index contributed by atoms with van der Waals surface area (Å²) >= 11 is 0. The third-order valence-electron chi connectivity index (χ3n) is 5.78. The molecule has 0 bridgehead atoms. The van der Waals surface area contributed by atoms with Crippen molar-refractivity contribution in [2.45, 2.75) is 26.3 Å². The van der Waals surface area contributed by atoms with Gasteiger partial charge in [-0.2, -0.15) is 0 Å². The smallest absolute Gasteiger partial charge is 0.303 e. The van der Waals surface area contributed by atoms with Crippen LogP contribution in [0.4, 0.5) is 10.1 Å². The summed E-state index contributed by atoms with van der Waals surface area (Å²) in [5.74, 6) is -0.920. The van der Waals surface area contributed by atoms with Crippen LogP contribution >= 0.6 is 0 Å². The van der Waals surface area contributed by atoms with Gasteiger partial charge in [0.1, 0.15) is 11.6 Å². The van der Waals surface area contributed by atoms with Crippen LogP contribution in [-0.2, 0) is 16.1 Å².